The second kappa shape index (κ2) is 9.62. The summed E-state index contributed by atoms with van der Waals surface area (Å²) in [5, 5.41) is 18.8. The quantitative estimate of drug-likeness (QED) is 0.716. The SMILES string of the molecule is O=C(O)Cc1ccc(OCc2ccc(Cl)cc2)c(CN2CCN(C(=O)O)CC2)c1. The van der Waals surface area contributed by atoms with Crippen LogP contribution in [0.15, 0.2) is 42.5 Å². The molecular formula is C21H23ClN2O5. The Labute approximate surface area is 174 Å². The normalized spacial score (nSPS) is 14.6. The van der Waals surface area contributed by atoms with E-state index < -0.39 is 12.1 Å². The van der Waals surface area contributed by atoms with Crippen molar-refractivity contribution in [1.29, 1.82) is 0 Å². The van der Waals surface area contributed by atoms with Crippen molar-refractivity contribution in [2.75, 3.05) is 26.2 Å². The summed E-state index contributed by atoms with van der Waals surface area (Å²) in [6, 6.07) is 12.8. The number of aliphatic carboxylic acids is 1. The summed E-state index contributed by atoms with van der Waals surface area (Å²) in [6.45, 7) is 3.07. The van der Waals surface area contributed by atoms with Crippen molar-refractivity contribution >= 4 is 23.7 Å². The van der Waals surface area contributed by atoms with E-state index in [0.29, 0.717) is 55.7 Å². The molecule has 154 valence electrons. The highest BCUT2D eigenvalue weighted by molar-refractivity contribution is 6.30. The maximum atomic E-state index is 11.1. The Hall–Kier alpha value is -2.77. The number of carboxylic acid groups (broad SMARTS) is 2. The van der Waals surface area contributed by atoms with Crippen LogP contribution in [0.5, 0.6) is 5.75 Å². The molecule has 1 saturated heterocycles. The largest absolute Gasteiger partial charge is 0.489 e. The van der Waals surface area contributed by atoms with E-state index >= 15 is 0 Å². The number of hydrogen-bond acceptors (Lipinski definition) is 4. The molecule has 2 N–H and O–H groups in total. The Morgan fingerprint density at radius 3 is 2.24 bits per heavy atom. The molecule has 0 saturated carbocycles. The lowest BCUT2D eigenvalue weighted by Gasteiger charge is -2.33. The molecule has 8 heteroatoms. The molecule has 1 aliphatic rings. The highest BCUT2D eigenvalue weighted by atomic mass is 35.5. The number of amides is 1. The van der Waals surface area contributed by atoms with E-state index in [0.717, 1.165) is 11.1 Å². The summed E-state index contributed by atoms with van der Waals surface area (Å²) in [6.07, 6.45) is -0.961. The fourth-order valence-corrected chi connectivity index (χ4v) is 3.39. The molecule has 2 aromatic carbocycles. The van der Waals surface area contributed by atoms with Crippen molar-refractivity contribution in [2.45, 2.75) is 19.6 Å². The van der Waals surface area contributed by atoms with E-state index in [-0.39, 0.29) is 6.42 Å². The van der Waals surface area contributed by atoms with Crippen molar-refractivity contribution < 1.29 is 24.5 Å². The van der Waals surface area contributed by atoms with E-state index in [2.05, 4.69) is 4.90 Å². The van der Waals surface area contributed by atoms with Gasteiger partial charge in [0.05, 0.1) is 6.42 Å². The third-order valence-corrected chi connectivity index (χ3v) is 5.08. The van der Waals surface area contributed by atoms with Crippen molar-refractivity contribution in [1.82, 2.24) is 9.80 Å². The Balaban J connectivity index is 1.72. The lowest BCUT2D eigenvalue weighted by atomic mass is 10.1. The van der Waals surface area contributed by atoms with Crippen LogP contribution in [-0.4, -0.2) is 58.3 Å². The Bertz CT molecular complexity index is 864. The minimum absolute atomic E-state index is 0.0583. The van der Waals surface area contributed by atoms with Gasteiger partial charge in [-0.15, -0.1) is 0 Å². The molecular weight excluding hydrogens is 396 g/mol. The molecule has 7 nitrogen and oxygen atoms in total. The van der Waals surface area contributed by atoms with Gasteiger partial charge in [0.15, 0.2) is 0 Å². The van der Waals surface area contributed by atoms with Gasteiger partial charge in [0, 0.05) is 43.3 Å². The van der Waals surface area contributed by atoms with Crippen LogP contribution in [0.4, 0.5) is 4.79 Å². The number of carboxylic acids is 1. The second-order valence-electron chi connectivity index (χ2n) is 6.97. The molecule has 3 rings (SSSR count). The number of nitrogens with zero attached hydrogens (tertiary/aromatic N) is 2. The first-order valence-electron chi connectivity index (χ1n) is 9.32. The molecule has 0 radical (unpaired) electrons. The van der Waals surface area contributed by atoms with Crippen LogP contribution in [0.25, 0.3) is 0 Å². The summed E-state index contributed by atoms with van der Waals surface area (Å²) < 4.78 is 6.00. The van der Waals surface area contributed by atoms with Gasteiger partial charge >= 0.3 is 12.1 Å². The average Bonchev–Trinajstić information content (AvgIpc) is 2.68. The van der Waals surface area contributed by atoms with E-state index in [1.165, 1.54) is 4.90 Å². The third-order valence-electron chi connectivity index (χ3n) is 4.82. The van der Waals surface area contributed by atoms with Crippen LogP contribution in [0.1, 0.15) is 16.7 Å². The van der Waals surface area contributed by atoms with Gasteiger partial charge in [-0.25, -0.2) is 4.79 Å². The standard InChI is InChI=1S/C21H23ClN2O5/c22-18-4-1-15(2-5-18)14-29-19-6-3-16(12-20(25)26)11-17(19)13-23-7-9-24(10-8-23)21(27)28/h1-6,11H,7-10,12-14H2,(H,25,26)(H,27,28). The molecule has 0 unspecified atom stereocenters. The Morgan fingerprint density at radius 1 is 0.966 bits per heavy atom. The fraction of sp³-hybridized carbons (Fsp3) is 0.333. The first kappa shape index (κ1) is 21.0. The van der Waals surface area contributed by atoms with Crippen LogP contribution in [-0.2, 0) is 24.4 Å². The first-order chi connectivity index (χ1) is 13.9. The van der Waals surface area contributed by atoms with Crippen molar-refractivity contribution in [3.05, 3.63) is 64.2 Å². The molecule has 0 atom stereocenters. The number of hydrogen-bond donors (Lipinski definition) is 2. The van der Waals surface area contributed by atoms with Gasteiger partial charge in [-0.2, -0.15) is 0 Å². The van der Waals surface area contributed by atoms with Gasteiger partial charge in [-0.3, -0.25) is 9.69 Å². The summed E-state index contributed by atoms with van der Waals surface area (Å²) in [7, 11) is 0. The van der Waals surface area contributed by atoms with E-state index in [4.69, 9.17) is 26.6 Å². The highest BCUT2D eigenvalue weighted by Gasteiger charge is 2.21. The van der Waals surface area contributed by atoms with Gasteiger partial charge in [0.1, 0.15) is 12.4 Å². The summed E-state index contributed by atoms with van der Waals surface area (Å²) in [5.41, 5.74) is 2.57. The van der Waals surface area contributed by atoms with Gasteiger partial charge in [-0.1, -0.05) is 35.9 Å². The van der Waals surface area contributed by atoms with Crippen molar-refractivity contribution in [3.63, 3.8) is 0 Å². The molecule has 1 fully saturated rings. The molecule has 0 aromatic heterocycles. The van der Waals surface area contributed by atoms with Crippen LogP contribution in [0.2, 0.25) is 5.02 Å². The molecule has 0 bridgehead atoms. The second-order valence-corrected chi connectivity index (χ2v) is 7.41. The third kappa shape index (κ3) is 6.10. The minimum Gasteiger partial charge on any atom is -0.489 e. The van der Waals surface area contributed by atoms with E-state index in [1.807, 2.05) is 18.2 Å². The predicted octanol–water partition coefficient (Wildman–Crippen LogP) is 3.34. The fourth-order valence-electron chi connectivity index (χ4n) is 3.26. The zero-order valence-electron chi connectivity index (χ0n) is 15.9. The number of rotatable bonds is 7. The van der Waals surface area contributed by atoms with Crippen molar-refractivity contribution in [2.24, 2.45) is 0 Å². The maximum absolute atomic E-state index is 11.1. The smallest absolute Gasteiger partial charge is 0.407 e. The minimum atomic E-state index is -0.903. The lowest BCUT2D eigenvalue weighted by molar-refractivity contribution is -0.136. The summed E-state index contributed by atoms with van der Waals surface area (Å²) in [4.78, 5) is 25.7. The van der Waals surface area contributed by atoms with Gasteiger partial charge in [0.2, 0.25) is 0 Å². The van der Waals surface area contributed by atoms with Crippen LogP contribution >= 0.6 is 11.6 Å². The summed E-state index contributed by atoms with van der Waals surface area (Å²) >= 11 is 5.92. The van der Waals surface area contributed by atoms with E-state index in [1.54, 1.807) is 24.3 Å². The molecule has 1 amide bonds. The monoisotopic (exact) mass is 418 g/mol. The lowest BCUT2D eigenvalue weighted by Crippen LogP contribution is -2.47. The van der Waals surface area contributed by atoms with Gasteiger partial charge in [0.25, 0.3) is 0 Å². The van der Waals surface area contributed by atoms with Gasteiger partial charge in [-0.05, 0) is 29.3 Å². The van der Waals surface area contributed by atoms with Crippen LogP contribution in [0.3, 0.4) is 0 Å². The topological polar surface area (TPSA) is 90.3 Å². The Morgan fingerprint density at radius 2 is 1.62 bits per heavy atom. The molecule has 0 aliphatic carbocycles. The number of ether oxygens (including phenoxy) is 1. The summed E-state index contributed by atoms with van der Waals surface area (Å²) in [5.74, 6) is -0.199. The first-order valence-corrected chi connectivity index (χ1v) is 9.69. The molecule has 29 heavy (non-hydrogen) atoms. The van der Waals surface area contributed by atoms with Gasteiger partial charge < -0.3 is 19.8 Å². The van der Waals surface area contributed by atoms with Crippen molar-refractivity contribution in [3.8, 4) is 5.75 Å². The number of piperazine rings is 1. The predicted molar refractivity (Wildman–Crippen MR) is 108 cm³/mol. The highest BCUT2D eigenvalue weighted by Crippen LogP contribution is 2.24. The molecule has 2 aromatic rings. The zero-order chi connectivity index (χ0) is 20.8. The van der Waals surface area contributed by atoms with Crippen LogP contribution in [0, 0.1) is 0 Å². The van der Waals surface area contributed by atoms with Crippen LogP contribution < -0.4 is 4.74 Å². The maximum Gasteiger partial charge on any atom is 0.407 e. The average molecular weight is 419 g/mol. The Kier molecular flexibility index (Phi) is 6.95. The zero-order valence-corrected chi connectivity index (χ0v) is 16.6. The number of halogens is 1. The number of benzene rings is 2. The molecule has 0 spiro atoms. The molecule has 1 aliphatic heterocycles. The number of carbonyl (C=O) groups is 2. The molecule has 1 heterocycles. The van der Waals surface area contributed by atoms with E-state index in [9.17, 15) is 9.59 Å².